The van der Waals surface area contributed by atoms with Crippen LogP contribution in [0.2, 0.25) is 0 Å². The minimum atomic E-state index is -4.63. The molecule has 6 rings (SSSR count). The highest BCUT2D eigenvalue weighted by Gasteiger charge is 2.42. The number of alkyl halides is 3. The average molecular weight is 716 g/mol. The van der Waals surface area contributed by atoms with E-state index in [0.29, 0.717) is 17.8 Å². The van der Waals surface area contributed by atoms with Gasteiger partial charge in [0.15, 0.2) is 16.5 Å². The molecule has 0 radical (unpaired) electrons. The first-order valence-electron chi connectivity index (χ1n) is 15.7. The number of urea groups is 1. The minimum absolute atomic E-state index is 0.119. The second-order valence-corrected chi connectivity index (χ2v) is 13.2. The van der Waals surface area contributed by atoms with Crippen molar-refractivity contribution in [2.45, 2.75) is 43.5 Å². The van der Waals surface area contributed by atoms with Crippen LogP contribution in [0.3, 0.4) is 0 Å². The Balaban J connectivity index is 1.09. The maximum Gasteiger partial charge on any atom is 0.434 e. The van der Waals surface area contributed by atoms with Gasteiger partial charge in [-0.2, -0.15) is 13.2 Å². The standard InChI is InChI=1S/C33H33F4N7O5S/c34-21-6-8-22(9-7-21)49-27-26(38)29(46)44(19-39-27)18-32(48)11-14-42(15-12-32)28(45)23-10-13-43(16-24(23)20-4-2-1-3-5-20)31(47)41-30-40-25(17-50-30)33(35,36)37/h1-9,17,19,23-24,48H,10-16,18,38H2,(H,40,41,47)/t23-,24+/m1/s1. The van der Waals surface area contributed by atoms with Crippen molar-refractivity contribution in [2.75, 3.05) is 37.2 Å². The lowest BCUT2D eigenvalue weighted by molar-refractivity contribution is -0.142. The van der Waals surface area contributed by atoms with E-state index in [1.165, 1.54) is 40.1 Å². The van der Waals surface area contributed by atoms with Crippen LogP contribution >= 0.6 is 11.3 Å². The number of aromatic nitrogens is 3. The molecule has 12 nitrogen and oxygen atoms in total. The Labute approximate surface area is 287 Å². The predicted molar refractivity (Wildman–Crippen MR) is 175 cm³/mol. The maximum absolute atomic E-state index is 14.0. The Hall–Kier alpha value is -5.03. The van der Waals surface area contributed by atoms with Crippen LogP contribution in [0.25, 0.3) is 0 Å². The molecule has 2 aromatic heterocycles. The van der Waals surface area contributed by atoms with Crippen LogP contribution in [-0.2, 0) is 17.5 Å². The van der Waals surface area contributed by atoms with Crippen LogP contribution in [-0.4, -0.2) is 73.2 Å². The molecular formula is C33H33F4N7O5S. The molecule has 0 bridgehead atoms. The number of nitrogens with one attached hydrogen (secondary N) is 1. The number of carbonyl (C=O) groups is 2. The van der Waals surface area contributed by atoms with Crippen molar-refractivity contribution >= 4 is 34.1 Å². The molecule has 2 aliphatic rings. The van der Waals surface area contributed by atoms with E-state index in [2.05, 4.69) is 15.3 Å². The summed E-state index contributed by atoms with van der Waals surface area (Å²) < 4.78 is 58.9. The van der Waals surface area contributed by atoms with Gasteiger partial charge in [0.2, 0.25) is 11.8 Å². The van der Waals surface area contributed by atoms with Gasteiger partial charge >= 0.3 is 12.2 Å². The molecule has 0 saturated carbocycles. The van der Waals surface area contributed by atoms with Crippen molar-refractivity contribution in [3.05, 3.63) is 93.7 Å². The number of benzene rings is 2. The van der Waals surface area contributed by atoms with E-state index in [-0.39, 0.29) is 73.9 Å². The number of ether oxygens (including phenoxy) is 1. The van der Waals surface area contributed by atoms with Gasteiger partial charge in [-0.25, -0.2) is 19.2 Å². The van der Waals surface area contributed by atoms with E-state index in [4.69, 9.17) is 10.5 Å². The highest BCUT2D eigenvalue weighted by Crippen LogP contribution is 2.37. The molecule has 2 aliphatic heterocycles. The second kappa shape index (κ2) is 14.1. The number of halogens is 4. The lowest BCUT2D eigenvalue weighted by Crippen LogP contribution is -2.53. The van der Waals surface area contributed by atoms with E-state index >= 15 is 0 Å². The van der Waals surface area contributed by atoms with Crippen LogP contribution in [0.4, 0.5) is 33.2 Å². The fourth-order valence-electron chi connectivity index (χ4n) is 6.25. The van der Waals surface area contributed by atoms with E-state index < -0.39 is 46.7 Å². The van der Waals surface area contributed by atoms with Crippen molar-refractivity contribution in [3.8, 4) is 11.6 Å². The molecule has 4 heterocycles. The Morgan fingerprint density at radius 3 is 2.42 bits per heavy atom. The number of hydrogen-bond acceptors (Lipinski definition) is 9. The largest absolute Gasteiger partial charge is 0.437 e. The topological polar surface area (TPSA) is 156 Å². The fraction of sp³-hybridized carbons (Fsp3) is 0.364. The zero-order valence-electron chi connectivity index (χ0n) is 26.5. The van der Waals surface area contributed by atoms with E-state index in [1.807, 2.05) is 30.3 Å². The summed E-state index contributed by atoms with van der Waals surface area (Å²) in [4.78, 5) is 50.8. The molecule has 2 atom stereocenters. The first-order chi connectivity index (χ1) is 23.8. The first-order valence-corrected chi connectivity index (χ1v) is 16.6. The fourth-order valence-corrected chi connectivity index (χ4v) is 6.96. The Kier molecular flexibility index (Phi) is 9.80. The van der Waals surface area contributed by atoms with Crippen LogP contribution in [0.15, 0.2) is 71.1 Å². The molecule has 0 unspecified atom stereocenters. The Bertz CT molecular complexity index is 1900. The summed E-state index contributed by atoms with van der Waals surface area (Å²) in [5, 5.41) is 14.5. The molecule has 17 heteroatoms. The van der Waals surface area contributed by atoms with E-state index in [9.17, 15) is 37.1 Å². The third kappa shape index (κ3) is 7.73. The summed E-state index contributed by atoms with van der Waals surface area (Å²) in [6.45, 7) is 0.656. The summed E-state index contributed by atoms with van der Waals surface area (Å²) >= 11 is 0.677. The normalized spacial score (nSPS) is 19.2. The third-order valence-corrected chi connectivity index (χ3v) is 9.75. The molecule has 50 heavy (non-hydrogen) atoms. The number of nitrogens with zero attached hydrogens (tertiary/aromatic N) is 5. The molecule has 0 spiro atoms. The lowest BCUT2D eigenvalue weighted by atomic mass is 9.79. The molecule has 2 aromatic carbocycles. The molecule has 4 N–H and O–H groups in total. The number of anilines is 2. The van der Waals surface area contributed by atoms with Crippen LogP contribution in [0.1, 0.15) is 36.4 Å². The van der Waals surface area contributed by atoms with Crippen molar-refractivity contribution in [1.82, 2.24) is 24.3 Å². The van der Waals surface area contributed by atoms with Crippen molar-refractivity contribution < 1.29 is 37.0 Å². The monoisotopic (exact) mass is 715 g/mol. The van der Waals surface area contributed by atoms with E-state index in [1.54, 1.807) is 4.90 Å². The van der Waals surface area contributed by atoms with Gasteiger partial charge in [0.05, 0.1) is 12.1 Å². The Morgan fingerprint density at radius 2 is 1.76 bits per heavy atom. The molecule has 4 aromatic rings. The number of hydrogen-bond donors (Lipinski definition) is 3. The summed E-state index contributed by atoms with van der Waals surface area (Å²) in [6, 6.07) is 13.7. The van der Waals surface area contributed by atoms with Gasteiger partial charge in [-0.3, -0.25) is 19.5 Å². The smallest absolute Gasteiger partial charge is 0.434 e. The van der Waals surface area contributed by atoms with Crippen LogP contribution < -0.4 is 21.3 Å². The van der Waals surface area contributed by atoms with E-state index in [0.717, 1.165) is 10.9 Å². The highest BCUT2D eigenvalue weighted by atomic mass is 32.1. The summed E-state index contributed by atoms with van der Waals surface area (Å²) in [5.74, 6) is -1.40. The number of nitrogen functional groups attached to an aromatic ring is 1. The SMILES string of the molecule is Nc1c(Oc2ccc(F)cc2)ncn(CC2(O)CCN(C(=O)[C@@H]3CCN(C(=O)Nc4nc(C(F)(F)F)cs4)C[C@H]3c3ccccc3)CC2)c1=O. The summed E-state index contributed by atoms with van der Waals surface area (Å²) in [5.41, 5.74) is 3.50. The minimum Gasteiger partial charge on any atom is -0.437 e. The number of carbonyl (C=O) groups excluding carboxylic acids is 2. The van der Waals surface area contributed by atoms with Gasteiger partial charge in [0.1, 0.15) is 17.9 Å². The van der Waals surface area contributed by atoms with Crippen molar-refractivity contribution in [1.29, 1.82) is 0 Å². The molecule has 2 saturated heterocycles. The molecule has 0 aliphatic carbocycles. The summed E-state index contributed by atoms with van der Waals surface area (Å²) in [6.07, 6.45) is -2.76. The highest BCUT2D eigenvalue weighted by molar-refractivity contribution is 7.13. The number of piperidine rings is 2. The maximum atomic E-state index is 14.0. The van der Waals surface area contributed by atoms with Gasteiger partial charge in [-0.1, -0.05) is 30.3 Å². The second-order valence-electron chi connectivity index (χ2n) is 12.3. The van der Waals surface area contributed by atoms with Crippen LogP contribution in [0, 0.1) is 11.7 Å². The first kappa shape index (κ1) is 34.8. The lowest BCUT2D eigenvalue weighted by Gasteiger charge is -2.43. The number of aliphatic hydroxyl groups is 1. The zero-order valence-corrected chi connectivity index (χ0v) is 27.3. The Morgan fingerprint density at radius 1 is 1.06 bits per heavy atom. The third-order valence-electron chi connectivity index (χ3n) is 8.99. The van der Waals surface area contributed by atoms with Gasteiger partial charge in [-0.05, 0) is 49.1 Å². The average Bonchev–Trinajstić information content (AvgIpc) is 3.58. The quantitative estimate of drug-likeness (QED) is 0.228. The number of thiazole rings is 1. The van der Waals surface area contributed by atoms with Gasteiger partial charge < -0.3 is 25.4 Å². The molecule has 2 fully saturated rings. The number of nitrogens with two attached hydrogens (primary N) is 1. The molecule has 3 amide bonds. The van der Waals surface area contributed by atoms with Gasteiger partial charge in [0, 0.05) is 43.4 Å². The predicted octanol–water partition coefficient (Wildman–Crippen LogP) is 4.92. The summed E-state index contributed by atoms with van der Waals surface area (Å²) in [7, 11) is 0. The van der Waals surface area contributed by atoms with Gasteiger partial charge in [-0.15, -0.1) is 11.3 Å². The van der Waals surface area contributed by atoms with Crippen LogP contribution in [0.5, 0.6) is 11.6 Å². The molecule has 264 valence electrons. The van der Waals surface area contributed by atoms with Crippen molar-refractivity contribution in [2.24, 2.45) is 5.92 Å². The number of likely N-dealkylation sites (tertiary alicyclic amines) is 2. The number of amides is 3. The number of rotatable bonds is 7. The zero-order chi connectivity index (χ0) is 35.6. The van der Waals surface area contributed by atoms with Gasteiger partial charge in [0.25, 0.3) is 5.56 Å². The van der Waals surface area contributed by atoms with Crippen molar-refractivity contribution in [3.63, 3.8) is 0 Å². The molecular weight excluding hydrogens is 682 g/mol.